The maximum atomic E-state index is 11.1. The van der Waals surface area contributed by atoms with Crippen LogP contribution < -0.4 is 0 Å². The van der Waals surface area contributed by atoms with E-state index in [9.17, 15) is 4.79 Å². The molecule has 2 aromatic rings. The number of rotatable bonds is 2. The van der Waals surface area contributed by atoms with Crippen LogP contribution in [-0.2, 0) is 11.2 Å². The van der Waals surface area contributed by atoms with Crippen LogP contribution in [0.15, 0.2) is 24.5 Å². The molecule has 0 unspecified atom stereocenters. The Morgan fingerprint density at radius 3 is 3.29 bits per heavy atom. The second-order valence-corrected chi connectivity index (χ2v) is 2.96. The van der Waals surface area contributed by atoms with Crippen LogP contribution in [0.5, 0.6) is 0 Å². The van der Waals surface area contributed by atoms with Gasteiger partial charge in [-0.2, -0.15) is 0 Å². The van der Waals surface area contributed by atoms with Gasteiger partial charge in [0.1, 0.15) is 5.65 Å². The molecule has 3 nitrogen and oxygen atoms in total. The molecule has 0 aliphatic heterocycles. The summed E-state index contributed by atoms with van der Waals surface area (Å²) in [6.07, 6.45) is 8.74. The number of H-pyrrole nitrogens is 1. The van der Waals surface area contributed by atoms with Gasteiger partial charge >= 0.3 is 0 Å². The van der Waals surface area contributed by atoms with Gasteiger partial charge in [-0.3, -0.25) is 4.79 Å². The molecule has 0 fully saturated rings. The highest BCUT2D eigenvalue weighted by atomic mass is 16.1. The van der Waals surface area contributed by atoms with E-state index in [0.717, 1.165) is 16.6 Å². The Hall–Kier alpha value is -2.08. The van der Waals surface area contributed by atoms with Crippen LogP contribution in [-0.4, -0.2) is 15.8 Å². The molecule has 2 aromatic heterocycles. The van der Waals surface area contributed by atoms with Crippen LogP contribution in [0, 0.1) is 12.3 Å². The van der Waals surface area contributed by atoms with Crippen molar-refractivity contribution in [2.45, 2.75) is 6.42 Å². The number of aromatic nitrogens is 2. The van der Waals surface area contributed by atoms with E-state index in [0.29, 0.717) is 0 Å². The summed E-state index contributed by atoms with van der Waals surface area (Å²) in [5.74, 6) is 1.88. The number of Topliss-reactive ketones (excluding diaryl/α,β-unsaturated/α-hetero) is 1. The summed E-state index contributed by atoms with van der Waals surface area (Å²) in [5, 5.41) is 0.955. The first-order valence-corrected chi connectivity index (χ1v) is 4.21. The van der Waals surface area contributed by atoms with Crippen LogP contribution >= 0.6 is 0 Å². The van der Waals surface area contributed by atoms with Crippen molar-refractivity contribution in [2.24, 2.45) is 0 Å². The average Bonchev–Trinajstić information content (AvgIpc) is 2.62. The van der Waals surface area contributed by atoms with Crippen molar-refractivity contribution >= 4 is 16.8 Å². The zero-order chi connectivity index (χ0) is 9.97. The normalized spacial score (nSPS) is 9.93. The minimum absolute atomic E-state index is 0.213. The minimum atomic E-state index is -0.213. The molecule has 0 bridgehead atoms. The van der Waals surface area contributed by atoms with Crippen LogP contribution in [0.3, 0.4) is 0 Å². The van der Waals surface area contributed by atoms with Crippen molar-refractivity contribution < 1.29 is 4.79 Å². The first kappa shape index (κ1) is 8.52. The molecule has 2 heterocycles. The number of ketones is 1. The molecule has 0 aliphatic rings. The van der Waals surface area contributed by atoms with Gasteiger partial charge in [0.2, 0.25) is 5.78 Å². The summed E-state index contributed by atoms with van der Waals surface area (Å²) >= 11 is 0. The number of carbonyl (C=O) groups is 1. The second kappa shape index (κ2) is 3.35. The van der Waals surface area contributed by atoms with Crippen molar-refractivity contribution in [3.05, 3.63) is 30.1 Å². The van der Waals surface area contributed by atoms with E-state index >= 15 is 0 Å². The van der Waals surface area contributed by atoms with Gasteiger partial charge in [-0.05, 0) is 23.6 Å². The molecule has 0 saturated heterocycles. The van der Waals surface area contributed by atoms with E-state index < -0.39 is 0 Å². The summed E-state index contributed by atoms with van der Waals surface area (Å²) in [5.41, 5.74) is 1.68. The maximum Gasteiger partial charge on any atom is 0.209 e. The molecule has 2 rings (SSSR count). The highest BCUT2D eigenvalue weighted by Crippen LogP contribution is 2.15. The van der Waals surface area contributed by atoms with Gasteiger partial charge in [0, 0.05) is 24.2 Å². The Balaban J connectivity index is 2.44. The van der Waals surface area contributed by atoms with Crippen LogP contribution in [0.25, 0.3) is 11.0 Å². The average molecular weight is 184 g/mol. The first-order valence-electron chi connectivity index (χ1n) is 4.21. The van der Waals surface area contributed by atoms with E-state index in [1.54, 1.807) is 12.4 Å². The van der Waals surface area contributed by atoms with E-state index in [1.165, 1.54) is 0 Å². The Labute approximate surface area is 81.2 Å². The van der Waals surface area contributed by atoms with E-state index in [2.05, 4.69) is 15.9 Å². The lowest BCUT2D eigenvalue weighted by Gasteiger charge is -1.92. The lowest BCUT2D eigenvalue weighted by atomic mass is 10.1. The number of hydrogen-bond donors (Lipinski definition) is 1. The fourth-order valence-corrected chi connectivity index (χ4v) is 1.38. The molecule has 1 N–H and O–H groups in total. The minimum Gasteiger partial charge on any atom is -0.346 e. The molecule has 0 atom stereocenters. The molecular formula is C11H8N2O. The summed E-state index contributed by atoms with van der Waals surface area (Å²) in [7, 11) is 0. The van der Waals surface area contributed by atoms with Crippen molar-refractivity contribution in [1.29, 1.82) is 0 Å². The molecule has 0 spiro atoms. The molecule has 0 saturated carbocycles. The molecule has 0 aliphatic carbocycles. The highest BCUT2D eigenvalue weighted by molar-refractivity contribution is 5.98. The number of terminal acetylenes is 1. The Morgan fingerprint density at radius 1 is 1.64 bits per heavy atom. The summed E-state index contributed by atoms with van der Waals surface area (Å²) < 4.78 is 0. The number of aromatic amines is 1. The SMILES string of the molecule is C#CC(=O)Cc1c[nH]c2ncccc12. The fraction of sp³-hybridized carbons (Fsp3) is 0.0909. The highest BCUT2D eigenvalue weighted by Gasteiger charge is 2.06. The third-order valence-corrected chi connectivity index (χ3v) is 2.05. The van der Waals surface area contributed by atoms with Gasteiger partial charge in [-0.15, -0.1) is 6.42 Å². The number of pyridine rings is 1. The Kier molecular flexibility index (Phi) is 2.04. The van der Waals surface area contributed by atoms with Gasteiger partial charge < -0.3 is 4.98 Å². The first-order chi connectivity index (χ1) is 6.81. The van der Waals surface area contributed by atoms with Crippen LogP contribution in [0.1, 0.15) is 5.56 Å². The Bertz CT molecular complexity index is 519. The van der Waals surface area contributed by atoms with Gasteiger partial charge in [-0.1, -0.05) is 0 Å². The number of carbonyl (C=O) groups excluding carboxylic acids is 1. The summed E-state index contributed by atoms with van der Waals surface area (Å²) in [6, 6.07) is 3.75. The van der Waals surface area contributed by atoms with E-state index in [-0.39, 0.29) is 12.2 Å². The largest absolute Gasteiger partial charge is 0.346 e. The quantitative estimate of drug-likeness (QED) is 0.565. The predicted molar refractivity (Wildman–Crippen MR) is 53.6 cm³/mol. The third-order valence-electron chi connectivity index (χ3n) is 2.05. The molecule has 3 heteroatoms. The Morgan fingerprint density at radius 2 is 2.50 bits per heavy atom. The summed E-state index contributed by atoms with van der Waals surface area (Å²) in [6.45, 7) is 0. The molecular weight excluding hydrogens is 176 g/mol. The number of nitrogens with one attached hydrogen (secondary N) is 1. The van der Waals surface area contributed by atoms with Crippen LogP contribution in [0.4, 0.5) is 0 Å². The third kappa shape index (κ3) is 1.38. The standard InChI is InChI=1S/C11H8N2O/c1-2-9(14)6-8-7-13-11-10(8)4-3-5-12-11/h1,3-5,7H,6H2,(H,12,13). The van der Waals surface area contributed by atoms with Gasteiger partial charge in [-0.25, -0.2) is 4.98 Å². The molecule has 0 amide bonds. The fourth-order valence-electron chi connectivity index (χ4n) is 1.38. The number of hydrogen-bond acceptors (Lipinski definition) is 2. The van der Waals surface area contributed by atoms with Crippen molar-refractivity contribution in [2.75, 3.05) is 0 Å². The van der Waals surface area contributed by atoms with Crippen molar-refractivity contribution in [3.63, 3.8) is 0 Å². The lowest BCUT2D eigenvalue weighted by Crippen LogP contribution is -1.97. The smallest absolute Gasteiger partial charge is 0.209 e. The summed E-state index contributed by atoms with van der Waals surface area (Å²) in [4.78, 5) is 18.2. The maximum absolute atomic E-state index is 11.1. The van der Waals surface area contributed by atoms with E-state index in [1.807, 2.05) is 12.1 Å². The predicted octanol–water partition coefficient (Wildman–Crippen LogP) is 1.31. The zero-order valence-electron chi connectivity index (χ0n) is 7.45. The number of fused-ring (bicyclic) bond motifs is 1. The lowest BCUT2D eigenvalue weighted by molar-refractivity contribution is -0.113. The van der Waals surface area contributed by atoms with Gasteiger partial charge in [0.15, 0.2) is 0 Å². The monoisotopic (exact) mass is 184 g/mol. The van der Waals surface area contributed by atoms with E-state index in [4.69, 9.17) is 6.42 Å². The van der Waals surface area contributed by atoms with Crippen LogP contribution in [0.2, 0.25) is 0 Å². The van der Waals surface area contributed by atoms with Gasteiger partial charge in [0.05, 0.1) is 0 Å². The molecule has 0 radical (unpaired) electrons. The second-order valence-electron chi connectivity index (χ2n) is 2.96. The van der Waals surface area contributed by atoms with Crippen molar-refractivity contribution in [1.82, 2.24) is 9.97 Å². The van der Waals surface area contributed by atoms with Crippen molar-refractivity contribution in [3.8, 4) is 12.3 Å². The number of nitrogens with zero attached hydrogens (tertiary/aromatic N) is 1. The molecule has 14 heavy (non-hydrogen) atoms. The van der Waals surface area contributed by atoms with Gasteiger partial charge in [0.25, 0.3) is 0 Å². The topological polar surface area (TPSA) is 45.8 Å². The molecule has 68 valence electrons. The zero-order valence-corrected chi connectivity index (χ0v) is 7.45. The molecule has 0 aromatic carbocycles.